The van der Waals surface area contributed by atoms with Crippen molar-refractivity contribution in [1.82, 2.24) is 4.90 Å². The molecule has 2 heterocycles. The molecule has 0 bridgehead atoms. The van der Waals surface area contributed by atoms with Crippen molar-refractivity contribution < 1.29 is 33.0 Å². The summed E-state index contributed by atoms with van der Waals surface area (Å²) >= 11 is 0. The van der Waals surface area contributed by atoms with Gasteiger partial charge in [-0.3, -0.25) is 9.59 Å². The van der Waals surface area contributed by atoms with Crippen LogP contribution in [0, 0.1) is 23.5 Å². The summed E-state index contributed by atoms with van der Waals surface area (Å²) in [6.45, 7) is 1.82. The predicted octanol–water partition coefficient (Wildman–Crippen LogP) is 2.85. The van der Waals surface area contributed by atoms with Crippen LogP contribution >= 0.6 is 0 Å². The van der Waals surface area contributed by atoms with Crippen LogP contribution in [0.4, 0.5) is 8.78 Å². The summed E-state index contributed by atoms with van der Waals surface area (Å²) in [5, 5.41) is 9.29. The summed E-state index contributed by atoms with van der Waals surface area (Å²) < 4.78 is 37.2. The van der Waals surface area contributed by atoms with Crippen molar-refractivity contribution in [2.75, 3.05) is 26.3 Å². The first kappa shape index (κ1) is 20.5. The summed E-state index contributed by atoms with van der Waals surface area (Å²) in [6, 6.07) is 3.11. The van der Waals surface area contributed by atoms with Gasteiger partial charge in [0, 0.05) is 32.2 Å². The molecule has 0 radical (unpaired) electrons. The average Bonchev–Trinajstić information content (AvgIpc) is 3.17. The summed E-state index contributed by atoms with van der Waals surface area (Å²) in [6.07, 6.45) is 2.48. The standard InChI is InChI=1S/C20H25F2NO5/c21-14-3-4-17(16(22)12-14)27-10-1-2-18(24)23-8-5-13(6-9-23)19-15(20(25)26)7-11-28-19/h3-4,12-13,15,19H,1-2,5-11H2,(H,25,26)/t15?,19-/m0/s1. The van der Waals surface area contributed by atoms with Crippen molar-refractivity contribution in [3.05, 3.63) is 29.8 Å². The fourth-order valence-electron chi connectivity index (χ4n) is 3.97. The Morgan fingerprint density at radius 2 is 1.96 bits per heavy atom. The van der Waals surface area contributed by atoms with Gasteiger partial charge in [-0.25, -0.2) is 8.78 Å². The molecule has 6 nitrogen and oxygen atoms in total. The molecule has 0 aliphatic carbocycles. The van der Waals surface area contributed by atoms with Gasteiger partial charge in [0.15, 0.2) is 11.6 Å². The number of piperidine rings is 1. The Morgan fingerprint density at radius 3 is 2.64 bits per heavy atom. The number of amides is 1. The van der Waals surface area contributed by atoms with E-state index in [9.17, 15) is 23.5 Å². The minimum atomic E-state index is -0.807. The van der Waals surface area contributed by atoms with Gasteiger partial charge in [-0.1, -0.05) is 0 Å². The number of benzene rings is 1. The maximum absolute atomic E-state index is 13.5. The number of nitrogens with zero attached hydrogens (tertiary/aromatic N) is 1. The smallest absolute Gasteiger partial charge is 0.309 e. The van der Waals surface area contributed by atoms with Gasteiger partial charge < -0.3 is 19.5 Å². The zero-order chi connectivity index (χ0) is 20.1. The topological polar surface area (TPSA) is 76.1 Å². The number of likely N-dealkylation sites (tertiary alicyclic amines) is 1. The van der Waals surface area contributed by atoms with Gasteiger partial charge in [0.05, 0.1) is 18.6 Å². The Morgan fingerprint density at radius 1 is 1.21 bits per heavy atom. The lowest BCUT2D eigenvalue weighted by Crippen LogP contribution is -2.43. The fraction of sp³-hybridized carbons (Fsp3) is 0.600. The molecule has 2 fully saturated rings. The van der Waals surface area contributed by atoms with Crippen LogP contribution in [0.5, 0.6) is 5.75 Å². The maximum Gasteiger partial charge on any atom is 0.309 e. The first-order chi connectivity index (χ1) is 13.5. The SMILES string of the molecule is O=C(O)C1CCO[C@H]1C1CCN(C(=O)CCCOc2ccc(F)cc2F)CC1. The van der Waals surface area contributed by atoms with Gasteiger partial charge in [0.2, 0.25) is 5.91 Å². The minimum absolute atomic E-state index is 0.00347. The number of hydrogen-bond donors (Lipinski definition) is 1. The molecular weight excluding hydrogens is 372 g/mol. The van der Waals surface area contributed by atoms with E-state index in [4.69, 9.17) is 9.47 Å². The lowest BCUT2D eigenvalue weighted by molar-refractivity contribution is -0.146. The van der Waals surface area contributed by atoms with Crippen LogP contribution in [0.15, 0.2) is 18.2 Å². The Kier molecular flexibility index (Phi) is 6.83. The van der Waals surface area contributed by atoms with Crippen molar-refractivity contribution in [2.45, 2.75) is 38.2 Å². The molecule has 2 saturated heterocycles. The van der Waals surface area contributed by atoms with Gasteiger partial charge >= 0.3 is 5.97 Å². The number of carbonyl (C=O) groups is 2. The Hall–Kier alpha value is -2.22. The van der Waals surface area contributed by atoms with E-state index in [1.54, 1.807) is 4.90 Å². The quantitative estimate of drug-likeness (QED) is 0.716. The number of carbonyl (C=O) groups excluding carboxylic acids is 1. The molecular formula is C20H25F2NO5. The maximum atomic E-state index is 13.5. The average molecular weight is 397 g/mol. The van der Waals surface area contributed by atoms with Crippen LogP contribution in [0.2, 0.25) is 0 Å². The second-order valence-electron chi connectivity index (χ2n) is 7.31. The molecule has 2 atom stereocenters. The van der Waals surface area contributed by atoms with Gasteiger partial charge in [-0.2, -0.15) is 0 Å². The van der Waals surface area contributed by atoms with Crippen LogP contribution in [0.25, 0.3) is 0 Å². The molecule has 1 aromatic rings. The van der Waals surface area contributed by atoms with E-state index in [1.165, 1.54) is 6.07 Å². The van der Waals surface area contributed by atoms with Gasteiger partial charge in [0.1, 0.15) is 5.82 Å². The van der Waals surface area contributed by atoms with E-state index in [1.807, 2.05) is 0 Å². The Bertz CT molecular complexity index is 706. The van der Waals surface area contributed by atoms with E-state index in [2.05, 4.69) is 0 Å². The first-order valence-corrected chi connectivity index (χ1v) is 9.65. The molecule has 1 aromatic carbocycles. The highest BCUT2D eigenvalue weighted by Gasteiger charge is 2.40. The van der Waals surface area contributed by atoms with E-state index >= 15 is 0 Å². The number of carboxylic acids is 1. The third-order valence-electron chi connectivity index (χ3n) is 5.50. The molecule has 1 unspecified atom stereocenters. The predicted molar refractivity (Wildman–Crippen MR) is 95.9 cm³/mol. The molecule has 1 amide bonds. The molecule has 0 saturated carbocycles. The van der Waals surface area contributed by atoms with Crippen LogP contribution in [0.3, 0.4) is 0 Å². The van der Waals surface area contributed by atoms with Crippen molar-refractivity contribution in [3.63, 3.8) is 0 Å². The van der Waals surface area contributed by atoms with E-state index < -0.39 is 23.5 Å². The van der Waals surface area contributed by atoms with Crippen LogP contribution in [-0.4, -0.2) is 54.3 Å². The Balaban J connectivity index is 1.37. The highest BCUT2D eigenvalue weighted by Crippen LogP contribution is 2.33. The van der Waals surface area contributed by atoms with Crippen LogP contribution < -0.4 is 4.74 Å². The lowest BCUT2D eigenvalue weighted by atomic mass is 9.84. The van der Waals surface area contributed by atoms with E-state index in [0.717, 1.165) is 25.0 Å². The summed E-state index contributed by atoms with van der Waals surface area (Å²) in [4.78, 5) is 25.4. The zero-order valence-electron chi connectivity index (χ0n) is 15.6. The molecule has 28 heavy (non-hydrogen) atoms. The van der Waals surface area contributed by atoms with Crippen LogP contribution in [0.1, 0.15) is 32.1 Å². The molecule has 0 spiro atoms. The molecule has 0 aromatic heterocycles. The van der Waals surface area contributed by atoms with Crippen molar-refractivity contribution in [2.24, 2.45) is 11.8 Å². The molecule has 2 aliphatic rings. The summed E-state index contributed by atoms with van der Waals surface area (Å²) in [5.41, 5.74) is 0. The van der Waals surface area contributed by atoms with Gasteiger partial charge in [0.25, 0.3) is 0 Å². The largest absolute Gasteiger partial charge is 0.491 e. The summed E-state index contributed by atoms with van der Waals surface area (Å²) in [5.74, 6) is -2.54. The molecule has 2 aliphatic heterocycles. The third kappa shape index (κ3) is 4.98. The number of ether oxygens (including phenoxy) is 2. The second-order valence-corrected chi connectivity index (χ2v) is 7.31. The molecule has 8 heteroatoms. The molecule has 1 N–H and O–H groups in total. The number of carboxylic acid groups (broad SMARTS) is 1. The highest BCUT2D eigenvalue weighted by atomic mass is 19.1. The van der Waals surface area contributed by atoms with Crippen molar-refractivity contribution >= 4 is 11.9 Å². The number of aliphatic carboxylic acids is 1. The van der Waals surface area contributed by atoms with E-state index in [-0.39, 0.29) is 36.7 Å². The second kappa shape index (κ2) is 9.32. The molecule has 3 rings (SSSR count). The highest BCUT2D eigenvalue weighted by molar-refractivity contribution is 5.76. The van der Waals surface area contributed by atoms with Crippen molar-refractivity contribution in [1.29, 1.82) is 0 Å². The fourth-order valence-corrected chi connectivity index (χ4v) is 3.97. The van der Waals surface area contributed by atoms with E-state index in [0.29, 0.717) is 32.5 Å². The summed E-state index contributed by atoms with van der Waals surface area (Å²) in [7, 11) is 0. The molecule has 154 valence electrons. The Labute approximate surface area is 162 Å². The lowest BCUT2D eigenvalue weighted by Gasteiger charge is -2.35. The minimum Gasteiger partial charge on any atom is -0.491 e. The van der Waals surface area contributed by atoms with Crippen LogP contribution in [-0.2, 0) is 14.3 Å². The van der Waals surface area contributed by atoms with Crippen molar-refractivity contribution in [3.8, 4) is 5.75 Å². The number of halogens is 2. The zero-order valence-corrected chi connectivity index (χ0v) is 15.6. The normalized spacial score (nSPS) is 23.0. The monoisotopic (exact) mass is 397 g/mol. The van der Waals surface area contributed by atoms with Gasteiger partial charge in [-0.05, 0) is 43.7 Å². The third-order valence-corrected chi connectivity index (χ3v) is 5.50. The number of rotatable bonds is 7. The number of hydrogen-bond acceptors (Lipinski definition) is 4. The van der Waals surface area contributed by atoms with Gasteiger partial charge in [-0.15, -0.1) is 0 Å². The first-order valence-electron chi connectivity index (χ1n) is 9.65.